The first-order chi connectivity index (χ1) is 30.8. The third-order valence-electron chi connectivity index (χ3n) is 12.8. The maximum absolute atomic E-state index is 12.1. The number of aromatic nitrogens is 4. The largest absolute Gasteiger partial charge is 0.318 e. The van der Waals surface area contributed by atoms with E-state index in [1.807, 2.05) is 12.1 Å². The SMILES string of the molecule is [C-]#[N+]c1c(-n2c3ccccc3c3ccccc32)c(C#N)c(-n2c3ccccc3c3ccccc32)c(-n2c3ccccc3c3ccccc32)c1-n1c2ccccc2c2ccccc21. The first-order valence-corrected chi connectivity index (χ1v) is 20.7. The molecule has 0 fully saturated rings. The molecule has 0 spiro atoms. The van der Waals surface area contributed by atoms with Crippen LogP contribution in [0.5, 0.6) is 0 Å². The molecular weight excluding hydrogens is 757 g/mol. The molecule has 286 valence electrons. The summed E-state index contributed by atoms with van der Waals surface area (Å²) in [6.45, 7) is 9.46. The van der Waals surface area contributed by atoms with Crippen molar-refractivity contribution in [2.24, 2.45) is 0 Å². The van der Waals surface area contributed by atoms with Crippen molar-refractivity contribution in [2.75, 3.05) is 0 Å². The summed E-state index contributed by atoms with van der Waals surface area (Å²) in [6.07, 6.45) is 0. The summed E-state index contributed by atoms with van der Waals surface area (Å²) in [4.78, 5) is 4.63. The maximum atomic E-state index is 12.1. The number of hydrogen-bond acceptors (Lipinski definition) is 1. The van der Waals surface area contributed by atoms with Crippen molar-refractivity contribution >= 4 is 92.9 Å². The van der Waals surface area contributed by atoms with Crippen LogP contribution in [0.3, 0.4) is 0 Å². The lowest BCUT2D eigenvalue weighted by atomic mass is 10.0. The molecule has 4 heterocycles. The molecule has 0 aliphatic heterocycles. The minimum Gasteiger partial charge on any atom is -0.318 e. The lowest BCUT2D eigenvalue weighted by Gasteiger charge is -2.27. The first-order valence-electron chi connectivity index (χ1n) is 20.7. The second kappa shape index (κ2) is 12.8. The van der Waals surface area contributed by atoms with Crippen molar-refractivity contribution in [1.29, 1.82) is 5.26 Å². The fraction of sp³-hybridized carbons (Fsp3) is 0. The molecule has 4 aromatic heterocycles. The highest BCUT2D eigenvalue weighted by Crippen LogP contribution is 2.51. The number of rotatable bonds is 4. The van der Waals surface area contributed by atoms with Crippen molar-refractivity contribution in [3.8, 4) is 28.8 Å². The van der Waals surface area contributed by atoms with E-state index in [1.54, 1.807) is 0 Å². The van der Waals surface area contributed by atoms with Crippen LogP contribution in [0.4, 0.5) is 5.69 Å². The van der Waals surface area contributed by atoms with Gasteiger partial charge in [-0.3, -0.25) is 0 Å². The summed E-state index contributed by atoms with van der Waals surface area (Å²) in [5.74, 6) is 0. The van der Waals surface area contributed by atoms with Gasteiger partial charge in [0.05, 0.1) is 79.0 Å². The monoisotopic (exact) mass is 788 g/mol. The van der Waals surface area contributed by atoms with E-state index in [2.05, 4.69) is 211 Å². The molecule has 0 N–H and O–H groups in total. The number of nitrogens with zero attached hydrogens (tertiary/aromatic N) is 6. The minimum atomic E-state index is 0.376. The molecule has 13 rings (SSSR count). The molecule has 0 radical (unpaired) electrons. The van der Waals surface area contributed by atoms with E-state index in [1.165, 1.54) is 0 Å². The highest BCUT2D eigenvalue weighted by Gasteiger charge is 2.34. The maximum Gasteiger partial charge on any atom is 0.237 e. The van der Waals surface area contributed by atoms with E-state index in [4.69, 9.17) is 0 Å². The number of para-hydroxylation sites is 8. The Labute approximate surface area is 355 Å². The van der Waals surface area contributed by atoms with E-state index in [0.29, 0.717) is 28.3 Å². The van der Waals surface area contributed by atoms with Crippen LogP contribution in [0.2, 0.25) is 0 Å². The third-order valence-corrected chi connectivity index (χ3v) is 12.8. The van der Waals surface area contributed by atoms with Crippen LogP contribution in [-0.4, -0.2) is 18.3 Å². The van der Waals surface area contributed by atoms with Gasteiger partial charge >= 0.3 is 0 Å². The Morgan fingerprint density at radius 3 is 0.790 bits per heavy atom. The Hall–Kier alpha value is -8.84. The molecule has 0 saturated heterocycles. The Balaban J connectivity index is 1.40. The van der Waals surface area contributed by atoms with Crippen molar-refractivity contribution in [3.05, 3.63) is 211 Å². The number of hydrogen-bond donors (Lipinski definition) is 0. The van der Waals surface area contributed by atoms with Crippen LogP contribution < -0.4 is 0 Å². The standard InChI is InChI=1S/C56H32N6/c1-58-52-53(59-44-26-10-2-18-35(44)36-19-3-11-27-45(36)59)43(34-57)54(60-46-28-12-4-20-37(46)38-21-5-13-29-47(38)60)56(62-50-32-16-8-24-41(50)42-25-9-17-33-51(42)62)55(52)61-48-30-14-6-22-39(48)40-23-7-15-31-49(40)61/h2-33H. The van der Waals surface area contributed by atoms with Crippen molar-refractivity contribution < 1.29 is 0 Å². The summed E-state index contributed by atoms with van der Waals surface area (Å²) >= 11 is 0. The van der Waals surface area contributed by atoms with Crippen LogP contribution in [0, 0.1) is 17.9 Å². The summed E-state index contributed by atoms with van der Waals surface area (Å²) in [7, 11) is 0. The molecule has 0 amide bonds. The van der Waals surface area contributed by atoms with E-state index in [9.17, 15) is 11.8 Å². The van der Waals surface area contributed by atoms with Gasteiger partial charge in [-0.1, -0.05) is 146 Å². The minimum absolute atomic E-state index is 0.376. The van der Waals surface area contributed by atoms with E-state index in [0.717, 1.165) is 92.9 Å². The summed E-state index contributed by atoms with van der Waals surface area (Å²) in [6, 6.07) is 70.3. The third kappa shape index (κ3) is 4.39. The molecule has 9 aromatic carbocycles. The Bertz CT molecular complexity index is 3770. The second-order valence-corrected chi connectivity index (χ2v) is 15.8. The average Bonchev–Trinajstić information content (AvgIpc) is 4.06. The predicted octanol–water partition coefficient (Wildman–Crippen LogP) is 14.5. The van der Waals surface area contributed by atoms with Crippen LogP contribution >= 0.6 is 0 Å². The summed E-state index contributed by atoms with van der Waals surface area (Å²) in [5, 5.41) is 20.7. The zero-order valence-electron chi connectivity index (χ0n) is 33.2. The van der Waals surface area contributed by atoms with E-state index in [-0.39, 0.29) is 0 Å². The quantitative estimate of drug-likeness (QED) is 0.164. The van der Waals surface area contributed by atoms with E-state index < -0.39 is 0 Å². The molecule has 6 heteroatoms. The summed E-state index contributed by atoms with van der Waals surface area (Å²) in [5.41, 5.74) is 11.1. The molecule has 0 unspecified atom stereocenters. The van der Waals surface area contributed by atoms with Gasteiger partial charge in [0.15, 0.2) is 0 Å². The van der Waals surface area contributed by atoms with Gasteiger partial charge < -0.3 is 18.3 Å². The normalized spacial score (nSPS) is 11.8. The number of benzene rings is 9. The molecule has 6 nitrogen and oxygen atoms in total. The van der Waals surface area contributed by atoms with Gasteiger partial charge in [-0.05, 0) is 48.5 Å². The van der Waals surface area contributed by atoms with Gasteiger partial charge in [-0.25, -0.2) is 4.85 Å². The van der Waals surface area contributed by atoms with Crippen LogP contribution in [-0.2, 0) is 0 Å². The van der Waals surface area contributed by atoms with Crippen molar-refractivity contribution in [2.45, 2.75) is 0 Å². The molecule has 0 saturated carbocycles. The molecule has 0 aliphatic carbocycles. The molecule has 62 heavy (non-hydrogen) atoms. The van der Waals surface area contributed by atoms with Crippen molar-refractivity contribution in [1.82, 2.24) is 18.3 Å². The zero-order chi connectivity index (χ0) is 41.1. The fourth-order valence-electron chi connectivity index (χ4n) is 10.4. The highest BCUT2D eigenvalue weighted by atomic mass is 15.1. The average molecular weight is 789 g/mol. The van der Waals surface area contributed by atoms with Crippen LogP contribution in [0.1, 0.15) is 5.56 Å². The van der Waals surface area contributed by atoms with Gasteiger partial charge in [0.2, 0.25) is 5.69 Å². The van der Waals surface area contributed by atoms with E-state index >= 15 is 0 Å². The lowest BCUT2D eigenvalue weighted by molar-refractivity contribution is 1.03. The lowest BCUT2D eigenvalue weighted by Crippen LogP contribution is -2.14. The Morgan fingerprint density at radius 2 is 0.532 bits per heavy atom. The van der Waals surface area contributed by atoms with Gasteiger partial charge in [-0.15, -0.1) is 0 Å². The van der Waals surface area contributed by atoms with Crippen LogP contribution in [0.25, 0.3) is 115 Å². The fourth-order valence-corrected chi connectivity index (χ4v) is 10.4. The highest BCUT2D eigenvalue weighted by molar-refractivity contribution is 6.16. The van der Waals surface area contributed by atoms with Crippen molar-refractivity contribution in [3.63, 3.8) is 0 Å². The van der Waals surface area contributed by atoms with Gasteiger partial charge in [0, 0.05) is 43.1 Å². The molecular formula is C56H32N6. The Kier molecular flexibility index (Phi) is 7.05. The Morgan fingerprint density at radius 1 is 0.306 bits per heavy atom. The first kappa shape index (κ1) is 34.1. The number of fused-ring (bicyclic) bond motifs is 12. The van der Waals surface area contributed by atoms with Gasteiger partial charge in [0.25, 0.3) is 0 Å². The van der Waals surface area contributed by atoms with Gasteiger partial charge in [-0.2, -0.15) is 5.26 Å². The summed E-state index contributed by atoms with van der Waals surface area (Å²) < 4.78 is 9.05. The molecule has 13 aromatic rings. The second-order valence-electron chi connectivity index (χ2n) is 15.8. The molecule has 0 atom stereocenters. The smallest absolute Gasteiger partial charge is 0.237 e. The molecule has 0 aliphatic rings. The predicted molar refractivity (Wildman–Crippen MR) is 255 cm³/mol. The zero-order valence-corrected chi connectivity index (χ0v) is 33.2. The number of nitriles is 1. The molecule has 0 bridgehead atoms. The van der Waals surface area contributed by atoms with Crippen LogP contribution in [0.15, 0.2) is 194 Å². The van der Waals surface area contributed by atoms with Gasteiger partial charge in [0.1, 0.15) is 6.07 Å². The topological polar surface area (TPSA) is 47.9 Å².